The maximum atomic E-state index is 8.90. The lowest BCUT2D eigenvalue weighted by molar-refractivity contribution is 0.304. The van der Waals surface area contributed by atoms with Gasteiger partial charge in [-0.25, -0.2) is 0 Å². The van der Waals surface area contributed by atoms with E-state index in [4.69, 9.17) is 5.11 Å². The van der Waals surface area contributed by atoms with E-state index in [1.807, 2.05) is 24.1 Å². The Balaban J connectivity index is 2.05. The van der Waals surface area contributed by atoms with E-state index in [1.165, 1.54) is 0 Å². The second kappa shape index (κ2) is 6.71. The van der Waals surface area contributed by atoms with Crippen LogP contribution in [0.3, 0.4) is 0 Å². The van der Waals surface area contributed by atoms with Gasteiger partial charge in [-0.05, 0) is 35.4 Å². The highest BCUT2D eigenvalue weighted by Crippen LogP contribution is 2.15. The molecule has 0 radical (unpaired) electrons. The molecule has 1 N–H and O–H groups in total. The van der Waals surface area contributed by atoms with Crippen molar-refractivity contribution in [2.24, 2.45) is 0 Å². The van der Waals surface area contributed by atoms with Crippen molar-refractivity contribution in [3.63, 3.8) is 0 Å². The summed E-state index contributed by atoms with van der Waals surface area (Å²) in [5.74, 6) is 0. The van der Waals surface area contributed by atoms with E-state index < -0.39 is 0 Å². The van der Waals surface area contributed by atoms with E-state index >= 15 is 0 Å². The van der Waals surface area contributed by atoms with Crippen LogP contribution in [0.1, 0.15) is 11.1 Å². The molecule has 0 aliphatic carbocycles. The standard InChI is InChI=1S/C16H18N2O/c1-18(12-13-19)16-6-4-14(5-7-16)2-3-15-8-10-17-11-9-15/h2-11,19H,12-13H2,1H3. The monoisotopic (exact) mass is 254 g/mol. The van der Waals surface area contributed by atoms with Crippen LogP contribution in [0.25, 0.3) is 12.2 Å². The molecule has 3 heteroatoms. The third-order valence-electron chi connectivity index (χ3n) is 2.94. The highest BCUT2D eigenvalue weighted by Gasteiger charge is 1.98. The third-order valence-corrected chi connectivity index (χ3v) is 2.94. The Labute approximate surface area is 113 Å². The number of nitrogens with zero attached hydrogens (tertiary/aromatic N) is 2. The smallest absolute Gasteiger partial charge is 0.0606 e. The number of rotatable bonds is 5. The zero-order valence-electron chi connectivity index (χ0n) is 11.0. The Bertz CT molecular complexity index is 520. The first-order valence-electron chi connectivity index (χ1n) is 6.30. The minimum Gasteiger partial charge on any atom is -0.395 e. The number of hydrogen-bond acceptors (Lipinski definition) is 3. The number of benzene rings is 1. The van der Waals surface area contributed by atoms with E-state index in [1.54, 1.807) is 12.4 Å². The Kier molecular flexibility index (Phi) is 4.70. The number of aliphatic hydroxyl groups excluding tert-OH is 1. The number of likely N-dealkylation sites (N-methyl/N-ethyl adjacent to an activating group) is 1. The predicted octanol–water partition coefficient (Wildman–Crippen LogP) is 2.68. The minimum absolute atomic E-state index is 0.167. The molecule has 0 aliphatic rings. The number of anilines is 1. The van der Waals surface area contributed by atoms with Crippen molar-refractivity contribution in [1.82, 2.24) is 4.98 Å². The van der Waals surface area contributed by atoms with Gasteiger partial charge in [0, 0.05) is 31.7 Å². The van der Waals surface area contributed by atoms with Gasteiger partial charge in [0.25, 0.3) is 0 Å². The molecule has 98 valence electrons. The van der Waals surface area contributed by atoms with Crippen molar-refractivity contribution in [2.75, 3.05) is 25.1 Å². The van der Waals surface area contributed by atoms with E-state index in [9.17, 15) is 0 Å². The molecule has 1 aromatic heterocycles. The summed E-state index contributed by atoms with van der Waals surface area (Å²) in [6.45, 7) is 0.812. The molecule has 0 atom stereocenters. The minimum atomic E-state index is 0.167. The molecule has 19 heavy (non-hydrogen) atoms. The summed E-state index contributed by atoms with van der Waals surface area (Å²) in [4.78, 5) is 6.01. The fraction of sp³-hybridized carbons (Fsp3) is 0.188. The second-order valence-corrected chi connectivity index (χ2v) is 4.35. The van der Waals surface area contributed by atoms with Crippen LogP contribution in [0.5, 0.6) is 0 Å². The Morgan fingerprint density at radius 1 is 1.00 bits per heavy atom. The molecule has 0 amide bonds. The first-order valence-corrected chi connectivity index (χ1v) is 6.30. The molecular formula is C16H18N2O. The maximum Gasteiger partial charge on any atom is 0.0606 e. The van der Waals surface area contributed by atoms with Crippen molar-refractivity contribution < 1.29 is 5.11 Å². The van der Waals surface area contributed by atoms with E-state index in [-0.39, 0.29) is 6.61 Å². The van der Waals surface area contributed by atoms with Crippen molar-refractivity contribution in [3.05, 3.63) is 59.9 Å². The highest BCUT2D eigenvalue weighted by atomic mass is 16.3. The summed E-state index contributed by atoms with van der Waals surface area (Å²) in [6.07, 6.45) is 7.71. The lowest BCUT2D eigenvalue weighted by Gasteiger charge is -2.17. The first-order chi connectivity index (χ1) is 9.29. The highest BCUT2D eigenvalue weighted by molar-refractivity contribution is 5.70. The summed E-state index contributed by atoms with van der Waals surface area (Å²) < 4.78 is 0. The molecule has 1 heterocycles. The number of aliphatic hydroxyl groups is 1. The fourth-order valence-electron chi connectivity index (χ4n) is 1.79. The van der Waals surface area contributed by atoms with Gasteiger partial charge in [-0.15, -0.1) is 0 Å². The molecule has 0 spiro atoms. The van der Waals surface area contributed by atoms with Gasteiger partial charge in [0.1, 0.15) is 0 Å². The fourth-order valence-corrected chi connectivity index (χ4v) is 1.79. The number of pyridine rings is 1. The van der Waals surface area contributed by atoms with Gasteiger partial charge in [-0.3, -0.25) is 4.98 Å². The quantitative estimate of drug-likeness (QED) is 0.891. The molecule has 0 saturated carbocycles. The average Bonchev–Trinajstić information content (AvgIpc) is 2.47. The van der Waals surface area contributed by atoms with E-state index in [2.05, 4.69) is 41.4 Å². The van der Waals surface area contributed by atoms with Crippen LogP contribution in [0.2, 0.25) is 0 Å². The topological polar surface area (TPSA) is 36.4 Å². The predicted molar refractivity (Wildman–Crippen MR) is 80.0 cm³/mol. The van der Waals surface area contributed by atoms with E-state index in [0.29, 0.717) is 6.54 Å². The normalized spacial score (nSPS) is 10.8. The molecule has 3 nitrogen and oxygen atoms in total. The Morgan fingerprint density at radius 2 is 1.58 bits per heavy atom. The zero-order valence-corrected chi connectivity index (χ0v) is 11.0. The molecule has 2 rings (SSSR count). The third kappa shape index (κ3) is 3.93. The molecule has 0 fully saturated rings. The molecule has 0 saturated heterocycles. The van der Waals surface area contributed by atoms with E-state index in [0.717, 1.165) is 16.8 Å². The van der Waals surface area contributed by atoms with Crippen LogP contribution >= 0.6 is 0 Å². The zero-order chi connectivity index (χ0) is 13.5. The molecule has 0 aliphatic heterocycles. The number of hydrogen-bond donors (Lipinski definition) is 1. The van der Waals surface area contributed by atoms with Gasteiger partial charge in [0.2, 0.25) is 0 Å². The van der Waals surface area contributed by atoms with Crippen molar-refractivity contribution >= 4 is 17.8 Å². The van der Waals surface area contributed by atoms with Crippen LogP contribution in [-0.4, -0.2) is 30.3 Å². The number of aromatic nitrogens is 1. The molecule has 1 aromatic carbocycles. The summed E-state index contributed by atoms with van der Waals surface area (Å²) in [5, 5.41) is 8.90. The molecular weight excluding hydrogens is 236 g/mol. The van der Waals surface area contributed by atoms with Crippen LogP contribution in [0.15, 0.2) is 48.8 Å². The van der Waals surface area contributed by atoms with Gasteiger partial charge in [0.15, 0.2) is 0 Å². The van der Waals surface area contributed by atoms with Crippen molar-refractivity contribution in [1.29, 1.82) is 0 Å². The van der Waals surface area contributed by atoms with Gasteiger partial charge in [-0.2, -0.15) is 0 Å². The second-order valence-electron chi connectivity index (χ2n) is 4.35. The molecule has 0 bridgehead atoms. The summed E-state index contributed by atoms with van der Waals surface area (Å²) in [7, 11) is 1.97. The molecule has 0 unspecified atom stereocenters. The first kappa shape index (κ1) is 13.3. The van der Waals surface area contributed by atoms with Crippen LogP contribution < -0.4 is 4.90 Å². The van der Waals surface area contributed by atoms with Crippen LogP contribution in [-0.2, 0) is 0 Å². The average molecular weight is 254 g/mol. The lowest BCUT2D eigenvalue weighted by atomic mass is 10.1. The summed E-state index contributed by atoms with van der Waals surface area (Å²) >= 11 is 0. The van der Waals surface area contributed by atoms with Crippen molar-refractivity contribution in [3.8, 4) is 0 Å². The van der Waals surface area contributed by atoms with Gasteiger partial charge < -0.3 is 10.0 Å². The summed E-state index contributed by atoms with van der Waals surface area (Å²) in [6, 6.07) is 12.2. The van der Waals surface area contributed by atoms with Crippen LogP contribution in [0, 0.1) is 0 Å². The Morgan fingerprint density at radius 3 is 2.16 bits per heavy atom. The van der Waals surface area contributed by atoms with Gasteiger partial charge >= 0.3 is 0 Å². The van der Waals surface area contributed by atoms with Gasteiger partial charge in [0.05, 0.1) is 6.61 Å². The van der Waals surface area contributed by atoms with Crippen molar-refractivity contribution in [2.45, 2.75) is 0 Å². The Hall–Kier alpha value is -2.13. The van der Waals surface area contributed by atoms with Crippen LogP contribution in [0.4, 0.5) is 5.69 Å². The molecule has 2 aromatic rings. The SMILES string of the molecule is CN(CCO)c1ccc(C=Cc2ccncc2)cc1. The maximum absolute atomic E-state index is 8.90. The lowest BCUT2D eigenvalue weighted by Crippen LogP contribution is -2.20. The van der Waals surface area contributed by atoms with Gasteiger partial charge in [-0.1, -0.05) is 24.3 Å². The largest absolute Gasteiger partial charge is 0.395 e. The summed E-state index contributed by atoms with van der Waals surface area (Å²) in [5.41, 5.74) is 3.39.